The molecule has 170 valence electrons. The van der Waals surface area contributed by atoms with E-state index in [1.165, 1.54) is 12.1 Å². The van der Waals surface area contributed by atoms with Gasteiger partial charge in [-0.25, -0.2) is 4.39 Å². The van der Waals surface area contributed by atoms with Crippen LogP contribution in [-0.2, 0) is 13.1 Å². The highest BCUT2D eigenvalue weighted by Crippen LogP contribution is 2.26. The Labute approximate surface area is 184 Å². The van der Waals surface area contributed by atoms with Gasteiger partial charge in [-0.2, -0.15) is 0 Å². The summed E-state index contributed by atoms with van der Waals surface area (Å²) in [6, 6.07) is 12.3. The summed E-state index contributed by atoms with van der Waals surface area (Å²) < 4.78 is 24.5. The number of methoxy groups -OCH3 is 1. The van der Waals surface area contributed by atoms with Gasteiger partial charge in [0.05, 0.1) is 7.11 Å². The molecule has 1 aliphatic rings. The molecule has 0 amide bonds. The standard InChI is InChI=1S/C24H34FN3O3/c1-26-10-12-28(13-11-26)17-22(29)18-31-24-14-23(30-3)9-6-20(24)16-27(2)15-19-4-7-21(25)8-5-19/h4-9,14,22,29H,10-13,15-18H2,1-3H3/t22-/m1/s1. The maximum atomic E-state index is 13.1. The normalized spacial score (nSPS) is 16.5. The van der Waals surface area contributed by atoms with Crippen LogP contribution in [0.15, 0.2) is 42.5 Å². The third-order valence-corrected chi connectivity index (χ3v) is 5.58. The molecule has 2 aromatic rings. The summed E-state index contributed by atoms with van der Waals surface area (Å²) in [6.07, 6.45) is -0.556. The number of β-amino-alcohol motifs (C(OH)–C–C–N with tert-alkyl or cyclic N) is 1. The number of likely N-dealkylation sites (N-methyl/N-ethyl adjacent to an activating group) is 1. The molecule has 0 unspecified atom stereocenters. The highest BCUT2D eigenvalue weighted by atomic mass is 19.1. The van der Waals surface area contributed by atoms with E-state index in [1.54, 1.807) is 19.2 Å². The zero-order valence-corrected chi connectivity index (χ0v) is 18.8. The number of rotatable bonds is 10. The lowest BCUT2D eigenvalue weighted by molar-refractivity contribution is 0.0500. The van der Waals surface area contributed by atoms with Crippen LogP contribution in [0.3, 0.4) is 0 Å². The molecule has 0 radical (unpaired) electrons. The highest BCUT2D eigenvalue weighted by Gasteiger charge is 2.18. The topological polar surface area (TPSA) is 48.4 Å². The van der Waals surface area contributed by atoms with Crippen LogP contribution in [0.25, 0.3) is 0 Å². The Morgan fingerprint density at radius 1 is 1.06 bits per heavy atom. The molecule has 1 N–H and O–H groups in total. The summed E-state index contributed by atoms with van der Waals surface area (Å²) in [7, 11) is 5.76. The average molecular weight is 432 g/mol. The van der Waals surface area contributed by atoms with E-state index in [4.69, 9.17) is 9.47 Å². The van der Waals surface area contributed by atoms with Crippen molar-refractivity contribution in [1.29, 1.82) is 0 Å². The molecule has 0 saturated carbocycles. The van der Waals surface area contributed by atoms with Gasteiger partial charge in [0.15, 0.2) is 0 Å². The van der Waals surface area contributed by atoms with Gasteiger partial charge < -0.3 is 19.5 Å². The van der Waals surface area contributed by atoms with E-state index >= 15 is 0 Å². The fourth-order valence-electron chi connectivity index (χ4n) is 3.74. The zero-order valence-electron chi connectivity index (χ0n) is 18.8. The monoisotopic (exact) mass is 431 g/mol. The molecule has 7 heteroatoms. The minimum atomic E-state index is -0.556. The van der Waals surface area contributed by atoms with Crippen molar-refractivity contribution < 1.29 is 19.0 Å². The van der Waals surface area contributed by atoms with Gasteiger partial charge in [0, 0.05) is 57.4 Å². The quantitative estimate of drug-likeness (QED) is 0.624. The maximum Gasteiger partial charge on any atom is 0.127 e. The Morgan fingerprint density at radius 2 is 1.77 bits per heavy atom. The Bertz CT molecular complexity index is 810. The van der Waals surface area contributed by atoms with Crippen LogP contribution in [0.5, 0.6) is 11.5 Å². The predicted octanol–water partition coefficient (Wildman–Crippen LogP) is 2.45. The van der Waals surface area contributed by atoms with Gasteiger partial charge in [-0.05, 0) is 37.9 Å². The van der Waals surface area contributed by atoms with Crippen molar-refractivity contribution in [2.75, 3.05) is 60.5 Å². The van der Waals surface area contributed by atoms with Crippen molar-refractivity contribution in [2.24, 2.45) is 0 Å². The van der Waals surface area contributed by atoms with E-state index in [0.717, 1.165) is 37.3 Å². The van der Waals surface area contributed by atoms with Gasteiger partial charge >= 0.3 is 0 Å². The molecule has 2 aromatic carbocycles. The van der Waals surface area contributed by atoms with E-state index < -0.39 is 6.10 Å². The number of nitrogens with zero attached hydrogens (tertiary/aromatic N) is 3. The number of benzene rings is 2. The van der Waals surface area contributed by atoms with E-state index in [2.05, 4.69) is 21.7 Å². The van der Waals surface area contributed by atoms with Crippen molar-refractivity contribution >= 4 is 0 Å². The molecule has 1 atom stereocenters. The van der Waals surface area contributed by atoms with Gasteiger partial charge in [-0.1, -0.05) is 18.2 Å². The van der Waals surface area contributed by atoms with Crippen LogP contribution in [0.1, 0.15) is 11.1 Å². The zero-order chi connectivity index (χ0) is 22.2. The summed E-state index contributed by atoms with van der Waals surface area (Å²) in [5.74, 6) is 1.20. The highest BCUT2D eigenvalue weighted by molar-refractivity contribution is 5.40. The van der Waals surface area contributed by atoms with Gasteiger partial charge in [-0.15, -0.1) is 0 Å². The van der Waals surface area contributed by atoms with E-state index in [1.807, 2.05) is 25.2 Å². The average Bonchev–Trinajstić information content (AvgIpc) is 2.76. The molecule has 0 bridgehead atoms. The second-order valence-electron chi connectivity index (χ2n) is 8.34. The molecule has 0 aromatic heterocycles. The molecule has 6 nitrogen and oxygen atoms in total. The van der Waals surface area contributed by atoms with Crippen LogP contribution >= 0.6 is 0 Å². The SMILES string of the molecule is COc1ccc(CN(C)Cc2ccc(F)cc2)c(OC[C@H](O)CN2CCN(C)CC2)c1. The van der Waals surface area contributed by atoms with Crippen LogP contribution < -0.4 is 9.47 Å². The first-order valence-corrected chi connectivity index (χ1v) is 10.7. The van der Waals surface area contributed by atoms with Crippen molar-refractivity contribution in [2.45, 2.75) is 19.2 Å². The minimum absolute atomic E-state index is 0.229. The number of hydrogen-bond acceptors (Lipinski definition) is 6. The summed E-state index contributed by atoms with van der Waals surface area (Å²) in [4.78, 5) is 6.71. The van der Waals surface area contributed by atoms with Crippen LogP contribution in [-0.4, -0.2) is 86.4 Å². The molecular weight excluding hydrogens is 397 g/mol. The fourth-order valence-corrected chi connectivity index (χ4v) is 3.74. The van der Waals surface area contributed by atoms with Crippen molar-refractivity contribution in [3.8, 4) is 11.5 Å². The van der Waals surface area contributed by atoms with Crippen molar-refractivity contribution in [1.82, 2.24) is 14.7 Å². The predicted molar refractivity (Wildman–Crippen MR) is 120 cm³/mol. The van der Waals surface area contributed by atoms with Crippen molar-refractivity contribution in [3.05, 3.63) is 59.4 Å². The fraction of sp³-hybridized carbons (Fsp3) is 0.500. The number of aliphatic hydroxyl groups excluding tert-OH is 1. The van der Waals surface area contributed by atoms with E-state index in [0.29, 0.717) is 31.1 Å². The molecule has 3 rings (SSSR count). The lowest BCUT2D eigenvalue weighted by Crippen LogP contribution is -2.47. The van der Waals surface area contributed by atoms with Gasteiger partial charge in [0.2, 0.25) is 0 Å². The van der Waals surface area contributed by atoms with E-state index in [9.17, 15) is 9.50 Å². The molecule has 1 aliphatic heterocycles. The first kappa shape index (κ1) is 23.5. The Kier molecular flexibility index (Phi) is 8.66. The number of aliphatic hydroxyl groups is 1. The first-order chi connectivity index (χ1) is 14.9. The van der Waals surface area contributed by atoms with Gasteiger partial charge in [0.25, 0.3) is 0 Å². The molecule has 0 aliphatic carbocycles. The molecule has 1 heterocycles. The third-order valence-electron chi connectivity index (χ3n) is 5.58. The summed E-state index contributed by atoms with van der Waals surface area (Å²) in [5, 5.41) is 10.5. The van der Waals surface area contributed by atoms with Crippen LogP contribution in [0, 0.1) is 5.82 Å². The number of piperazine rings is 1. The number of halogens is 1. The first-order valence-electron chi connectivity index (χ1n) is 10.7. The molecule has 1 saturated heterocycles. The Hall–Kier alpha value is -2.19. The molecule has 0 spiro atoms. The summed E-state index contributed by atoms with van der Waals surface area (Å²) in [5.41, 5.74) is 2.06. The second kappa shape index (κ2) is 11.4. The summed E-state index contributed by atoms with van der Waals surface area (Å²) >= 11 is 0. The maximum absolute atomic E-state index is 13.1. The van der Waals surface area contributed by atoms with Gasteiger partial charge in [0.1, 0.15) is 30.0 Å². The lowest BCUT2D eigenvalue weighted by Gasteiger charge is -2.33. The molecular formula is C24H34FN3O3. The molecule has 1 fully saturated rings. The van der Waals surface area contributed by atoms with Gasteiger partial charge in [-0.3, -0.25) is 9.80 Å². The van der Waals surface area contributed by atoms with Crippen LogP contribution in [0.2, 0.25) is 0 Å². The molecule has 31 heavy (non-hydrogen) atoms. The Balaban J connectivity index is 1.57. The minimum Gasteiger partial charge on any atom is -0.497 e. The van der Waals surface area contributed by atoms with E-state index in [-0.39, 0.29) is 12.4 Å². The lowest BCUT2D eigenvalue weighted by atomic mass is 10.1. The number of hydrogen-bond donors (Lipinski definition) is 1. The largest absolute Gasteiger partial charge is 0.497 e. The Morgan fingerprint density at radius 3 is 2.45 bits per heavy atom. The third kappa shape index (κ3) is 7.47. The summed E-state index contributed by atoms with van der Waals surface area (Å²) in [6.45, 7) is 6.16. The smallest absolute Gasteiger partial charge is 0.127 e. The number of ether oxygens (including phenoxy) is 2. The second-order valence-corrected chi connectivity index (χ2v) is 8.34. The van der Waals surface area contributed by atoms with Crippen LogP contribution in [0.4, 0.5) is 4.39 Å². The van der Waals surface area contributed by atoms with Crippen molar-refractivity contribution in [3.63, 3.8) is 0 Å².